The zero-order chi connectivity index (χ0) is 17.6. The molecular weight excluding hydrogens is 323 g/mol. The van der Waals surface area contributed by atoms with Crippen LogP contribution in [0.2, 0.25) is 0 Å². The highest BCUT2D eigenvalue weighted by Crippen LogP contribution is 2.20. The fourth-order valence-corrected chi connectivity index (χ4v) is 2.73. The van der Waals surface area contributed by atoms with Crippen LogP contribution in [0.25, 0.3) is 0 Å². The first-order valence-electron chi connectivity index (χ1n) is 8.25. The Hall–Kier alpha value is -2.38. The highest BCUT2D eigenvalue weighted by atomic mass is 19.1. The molecule has 0 spiro atoms. The van der Waals surface area contributed by atoms with Gasteiger partial charge in [-0.15, -0.1) is 0 Å². The van der Waals surface area contributed by atoms with Crippen molar-refractivity contribution in [2.75, 3.05) is 19.7 Å². The third kappa shape index (κ3) is 5.04. The first-order valence-corrected chi connectivity index (χ1v) is 8.25. The summed E-state index contributed by atoms with van der Waals surface area (Å²) in [6.45, 7) is 4.63. The Balaban J connectivity index is 1.63. The summed E-state index contributed by atoms with van der Waals surface area (Å²) < 4.78 is 18.8. The summed E-state index contributed by atoms with van der Waals surface area (Å²) in [5.74, 6) is 0.291. The Morgan fingerprint density at radius 3 is 2.92 bits per heavy atom. The molecule has 2 heterocycles. The molecule has 7 heteroatoms. The van der Waals surface area contributed by atoms with E-state index in [1.54, 1.807) is 24.4 Å². The van der Waals surface area contributed by atoms with Crippen molar-refractivity contribution < 1.29 is 13.9 Å². The van der Waals surface area contributed by atoms with E-state index in [0.717, 1.165) is 24.3 Å². The van der Waals surface area contributed by atoms with Gasteiger partial charge in [-0.25, -0.2) is 14.4 Å². The minimum absolute atomic E-state index is 0.0976. The van der Waals surface area contributed by atoms with Gasteiger partial charge in [-0.3, -0.25) is 9.69 Å². The molecule has 1 amide bonds. The molecule has 2 aromatic rings. The minimum atomic E-state index is -0.229. The Kier molecular flexibility index (Phi) is 5.67. The summed E-state index contributed by atoms with van der Waals surface area (Å²) in [5, 5.41) is 2.73. The molecule has 1 aliphatic heterocycles. The van der Waals surface area contributed by atoms with E-state index >= 15 is 0 Å². The number of ether oxygens (including phenoxy) is 1. The van der Waals surface area contributed by atoms with Gasteiger partial charge in [-0.2, -0.15) is 0 Å². The number of benzene rings is 1. The van der Waals surface area contributed by atoms with Crippen molar-refractivity contribution in [1.29, 1.82) is 0 Å². The Labute approximate surface area is 146 Å². The predicted molar refractivity (Wildman–Crippen MR) is 89.9 cm³/mol. The van der Waals surface area contributed by atoms with Crippen LogP contribution >= 0.6 is 0 Å². The second-order valence-corrected chi connectivity index (χ2v) is 6.04. The van der Waals surface area contributed by atoms with Crippen LogP contribution < -0.4 is 5.32 Å². The van der Waals surface area contributed by atoms with Crippen LogP contribution in [-0.4, -0.2) is 40.5 Å². The summed E-state index contributed by atoms with van der Waals surface area (Å²) in [4.78, 5) is 22.1. The van der Waals surface area contributed by atoms with Gasteiger partial charge in [0.1, 0.15) is 11.9 Å². The third-order valence-electron chi connectivity index (χ3n) is 4.01. The van der Waals surface area contributed by atoms with Gasteiger partial charge < -0.3 is 10.1 Å². The van der Waals surface area contributed by atoms with Gasteiger partial charge in [0.2, 0.25) is 5.91 Å². The van der Waals surface area contributed by atoms with Gasteiger partial charge in [0.05, 0.1) is 18.8 Å². The maximum absolute atomic E-state index is 13.0. The number of aromatic nitrogens is 2. The largest absolute Gasteiger partial charge is 0.368 e. The molecule has 1 aromatic carbocycles. The molecule has 0 radical (unpaired) electrons. The molecule has 0 bridgehead atoms. The van der Waals surface area contributed by atoms with E-state index in [-0.39, 0.29) is 17.8 Å². The molecule has 0 saturated carbocycles. The fourth-order valence-electron chi connectivity index (χ4n) is 2.73. The SMILES string of the molecule is CC(=O)NCc1ccnc([C@@H]2CN(Cc3ccc(F)cc3)CCO2)n1. The minimum Gasteiger partial charge on any atom is -0.368 e. The van der Waals surface area contributed by atoms with Crippen LogP contribution in [0.5, 0.6) is 0 Å². The van der Waals surface area contributed by atoms with Crippen molar-refractivity contribution in [3.63, 3.8) is 0 Å². The number of rotatable bonds is 5. The molecule has 0 unspecified atom stereocenters. The second kappa shape index (κ2) is 8.13. The van der Waals surface area contributed by atoms with E-state index in [0.29, 0.717) is 25.5 Å². The number of carbonyl (C=O) groups is 1. The zero-order valence-corrected chi connectivity index (χ0v) is 14.1. The number of carbonyl (C=O) groups excluding carboxylic acids is 1. The Morgan fingerprint density at radius 1 is 1.36 bits per heavy atom. The summed E-state index contributed by atoms with van der Waals surface area (Å²) >= 11 is 0. The average molecular weight is 344 g/mol. The molecule has 1 saturated heterocycles. The lowest BCUT2D eigenvalue weighted by atomic mass is 10.2. The first kappa shape index (κ1) is 17.4. The molecule has 1 atom stereocenters. The van der Waals surface area contributed by atoms with Gasteiger partial charge in [-0.1, -0.05) is 12.1 Å². The lowest BCUT2D eigenvalue weighted by Crippen LogP contribution is -2.38. The van der Waals surface area contributed by atoms with Gasteiger partial charge in [0.15, 0.2) is 5.82 Å². The molecule has 25 heavy (non-hydrogen) atoms. The Morgan fingerprint density at radius 2 is 2.16 bits per heavy atom. The highest BCUT2D eigenvalue weighted by Gasteiger charge is 2.24. The van der Waals surface area contributed by atoms with Crippen molar-refractivity contribution in [2.45, 2.75) is 26.1 Å². The van der Waals surface area contributed by atoms with Gasteiger partial charge in [0.25, 0.3) is 0 Å². The fraction of sp³-hybridized carbons (Fsp3) is 0.389. The highest BCUT2D eigenvalue weighted by molar-refractivity contribution is 5.72. The number of halogens is 1. The van der Waals surface area contributed by atoms with E-state index in [1.807, 2.05) is 0 Å². The number of nitrogens with zero attached hydrogens (tertiary/aromatic N) is 3. The standard InChI is InChI=1S/C18H21FN4O2/c1-13(24)21-10-16-6-7-20-18(22-16)17-12-23(8-9-25-17)11-14-2-4-15(19)5-3-14/h2-7,17H,8-12H2,1H3,(H,21,24)/t17-/m0/s1. The molecule has 3 rings (SSSR count). The summed E-state index contributed by atoms with van der Waals surface area (Å²) in [6.07, 6.45) is 1.47. The van der Waals surface area contributed by atoms with Crippen molar-refractivity contribution in [3.05, 3.63) is 59.4 Å². The van der Waals surface area contributed by atoms with Crippen molar-refractivity contribution in [1.82, 2.24) is 20.2 Å². The lowest BCUT2D eigenvalue weighted by molar-refractivity contribution is -0.119. The monoisotopic (exact) mass is 344 g/mol. The number of hydrogen-bond donors (Lipinski definition) is 1. The van der Waals surface area contributed by atoms with Crippen LogP contribution in [0, 0.1) is 5.82 Å². The maximum atomic E-state index is 13.0. The molecule has 132 valence electrons. The number of amides is 1. The van der Waals surface area contributed by atoms with Crippen molar-refractivity contribution >= 4 is 5.91 Å². The van der Waals surface area contributed by atoms with Crippen LogP contribution in [0.3, 0.4) is 0 Å². The van der Waals surface area contributed by atoms with E-state index < -0.39 is 0 Å². The average Bonchev–Trinajstić information content (AvgIpc) is 2.62. The Bertz CT molecular complexity index is 723. The molecular formula is C18H21FN4O2. The van der Waals surface area contributed by atoms with Crippen molar-refractivity contribution in [3.8, 4) is 0 Å². The zero-order valence-electron chi connectivity index (χ0n) is 14.1. The topological polar surface area (TPSA) is 67.4 Å². The normalized spacial score (nSPS) is 18.1. The van der Waals surface area contributed by atoms with Crippen LogP contribution in [-0.2, 0) is 22.6 Å². The quantitative estimate of drug-likeness (QED) is 0.896. The van der Waals surface area contributed by atoms with Crippen LogP contribution in [0.15, 0.2) is 36.5 Å². The van der Waals surface area contributed by atoms with Crippen LogP contribution in [0.4, 0.5) is 4.39 Å². The van der Waals surface area contributed by atoms with Gasteiger partial charge >= 0.3 is 0 Å². The lowest BCUT2D eigenvalue weighted by Gasteiger charge is -2.32. The maximum Gasteiger partial charge on any atom is 0.217 e. The molecule has 0 aliphatic carbocycles. The number of nitrogens with one attached hydrogen (secondary N) is 1. The summed E-state index contributed by atoms with van der Waals surface area (Å²) in [6, 6.07) is 8.32. The predicted octanol–water partition coefficient (Wildman–Crippen LogP) is 1.83. The molecule has 1 aromatic heterocycles. The number of morpholine rings is 1. The smallest absolute Gasteiger partial charge is 0.217 e. The van der Waals surface area contributed by atoms with Gasteiger partial charge in [-0.05, 0) is 23.8 Å². The molecule has 6 nitrogen and oxygen atoms in total. The third-order valence-corrected chi connectivity index (χ3v) is 4.01. The van der Waals surface area contributed by atoms with Crippen LogP contribution in [0.1, 0.15) is 30.1 Å². The molecule has 1 fully saturated rings. The summed E-state index contributed by atoms with van der Waals surface area (Å²) in [5.41, 5.74) is 1.81. The van der Waals surface area contributed by atoms with E-state index in [1.165, 1.54) is 19.1 Å². The summed E-state index contributed by atoms with van der Waals surface area (Å²) in [7, 11) is 0. The van der Waals surface area contributed by atoms with Gasteiger partial charge in [0, 0.05) is 32.8 Å². The molecule has 1 aliphatic rings. The first-order chi connectivity index (χ1) is 12.1. The number of hydrogen-bond acceptors (Lipinski definition) is 5. The molecule has 1 N–H and O–H groups in total. The van der Waals surface area contributed by atoms with E-state index in [4.69, 9.17) is 4.74 Å². The van der Waals surface area contributed by atoms with Crippen molar-refractivity contribution in [2.24, 2.45) is 0 Å². The second-order valence-electron chi connectivity index (χ2n) is 6.04. The van der Waals surface area contributed by atoms with E-state index in [9.17, 15) is 9.18 Å². The van der Waals surface area contributed by atoms with E-state index in [2.05, 4.69) is 20.2 Å².